The largest absolute Gasteiger partial charge is 0.440 e. The molecule has 78 valence electrons. The lowest BCUT2D eigenvalue weighted by molar-refractivity contribution is 0.462. The summed E-state index contributed by atoms with van der Waals surface area (Å²) < 4.78 is 5.69. The highest BCUT2D eigenvalue weighted by molar-refractivity contribution is 6.31. The Morgan fingerprint density at radius 1 is 1.47 bits per heavy atom. The molecule has 0 unspecified atom stereocenters. The molecule has 0 atom stereocenters. The SMILES string of the molecule is NCC1(c2nc3cc(Cl)ccc3o2)CC1. The van der Waals surface area contributed by atoms with Gasteiger partial charge in [-0.05, 0) is 31.0 Å². The van der Waals surface area contributed by atoms with E-state index in [1.807, 2.05) is 12.1 Å². The van der Waals surface area contributed by atoms with E-state index >= 15 is 0 Å². The van der Waals surface area contributed by atoms with Crippen LogP contribution in [0.15, 0.2) is 22.6 Å². The van der Waals surface area contributed by atoms with E-state index in [9.17, 15) is 0 Å². The van der Waals surface area contributed by atoms with Crippen LogP contribution in [0.5, 0.6) is 0 Å². The number of nitrogens with two attached hydrogens (primary N) is 1. The molecule has 0 aliphatic heterocycles. The molecule has 4 heteroatoms. The van der Waals surface area contributed by atoms with Gasteiger partial charge in [0.1, 0.15) is 5.52 Å². The zero-order valence-electron chi connectivity index (χ0n) is 8.16. The third-order valence-corrected chi connectivity index (χ3v) is 3.28. The number of hydrogen-bond acceptors (Lipinski definition) is 3. The molecule has 15 heavy (non-hydrogen) atoms. The molecule has 1 heterocycles. The van der Waals surface area contributed by atoms with Gasteiger partial charge < -0.3 is 10.2 Å². The van der Waals surface area contributed by atoms with E-state index in [-0.39, 0.29) is 5.41 Å². The highest BCUT2D eigenvalue weighted by Crippen LogP contribution is 2.47. The van der Waals surface area contributed by atoms with Gasteiger partial charge in [-0.15, -0.1) is 0 Å². The van der Waals surface area contributed by atoms with Crippen molar-refractivity contribution in [2.45, 2.75) is 18.3 Å². The Morgan fingerprint density at radius 3 is 2.93 bits per heavy atom. The van der Waals surface area contributed by atoms with Gasteiger partial charge in [-0.3, -0.25) is 0 Å². The van der Waals surface area contributed by atoms with Gasteiger partial charge >= 0.3 is 0 Å². The minimum Gasteiger partial charge on any atom is -0.440 e. The fourth-order valence-corrected chi connectivity index (χ4v) is 1.95. The van der Waals surface area contributed by atoms with Crippen LogP contribution in [0.2, 0.25) is 5.02 Å². The van der Waals surface area contributed by atoms with Crippen molar-refractivity contribution >= 4 is 22.7 Å². The van der Waals surface area contributed by atoms with Gasteiger partial charge in [-0.1, -0.05) is 11.6 Å². The molecule has 1 aliphatic rings. The van der Waals surface area contributed by atoms with Gasteiger partial charge in [-0.2, -0.15) is 0 Å². The maximum absolute atomic E-state index is 5.89. The van der Waals surface area contributed by atoms with Crippen molar-refractivity contribution in [2.75, 3.05) is 6.54 Å². The molecule has 1 aliphatic carbocycles. The number of fused-ring (bicyclic) bond motifs is 1. The van der Waals surface area contributed by atoms with Gasteiger partial charge in [0.15, 0.2) is 5.58 Å². The van der Waals surface area contributed by atoms with Crippen LogP contribution >= 0.6 is 11.6 Å². The lowest BCUT2D eigenvalue weighted by atomic mass is 10.1. The highest BCUT2D eigenvalue weighted by atomic mass is 35.5. The number of rotatable bonds is 2. The summed E-state index contributed by atoms with van der Waals surface area (Å²) in [5.74, 6) is 0.766. The number of benzene rings is 1. The van der Waals surface area contributed by atoms with Crippen LogP contribution in [0, 0.1) is 0 Å². The van der Waals surface area contributed by atoms with Gasteiger partial charge in [0.25, 0.3) is 0 Å². The molecule has 1 aromatic heterocycles. The summed E-state index contributed by atoms with van der Waals surface area (Å²) in [5.41, 5.74) is 7.34. The third kappa shape index (κ3) is 1.34. The first-order chi connectivity index (χ1) is 7.23. The first-order valence-electron chi connectivity index (χ1n) is 5.00. The third-order valence-electron chi connectivity index (χ3n) is 3.05. The molecule has 1 saturated carbocycles. The molecule has 3 nitrogen and oxygen atoms in total. The Hall–Kier alpha value is -1.06. The van der Waals surface area contributed by atoms with E-state index in [0.717, 1.165) is 29.8 Å². The minimum atomic E-state index is 0.00545. The molecule has 2 N–H and O–H groups in total. The highest BCUT2D eigenvalue weighted by Gasteiger charge is 2.47. The summed E-state index contributed by atoms with van der Waals surface area (Å²) in [5, 5.41) is 0.681. The fraction of sp³-hybridized carbons (Fsp3) is 0.364. The molecule has 0 bridgehead atoms. The predicted molar refractivity (Wildman–Crippen MR) is 59.0 cm³/mol. The van der Waals surface area contributed by atoms with E-state index < -0.39 is 0 Å². The second-order valence-corrected chi connectivity index (χ2v) is 4.55. The molecule has 0 amide bonds. The average molecular weight is 223 g/mol. The van der Waals surface area contributed by atoms with Gasteiger partial charge in [-0.25, -0.2) is 4.98 Å². The summed E-state index contributed by atoms with van der Waals surface area (Å²) in [7, 11) is 0. The fourth-order valence-electron chi connectivity index (χ4n) is 1.78. The minimum absolute atomic E-state index is 0.00545. The van der Waals surface area contributed by atoms with E-state index in [1.165, 1.54) is 0 Å². The van der Waals surface area contributed by atoms with Gasteiger partial charge in [0.2, 0.25) is 5.89 Å². The molecule has 3 rings (SSSR count). The van der Waals surface area contributed by atoms with Crippen molar-refractivity contribution < 1.29 is 4.42 Å². The topological polar surface area (TPSA) is 52.0 Å². The number of halogens is 1. The van der Waals surface area contributed by atoms with Crippen molar-refractivity contribution in [3.05, 3.63) is 29.1 Å². The van der Waals surface area contributed by atoms with Crippen molar-refractivity contribution in [1.82, 2.24) is 4.98 Å². The van der Waals surface area contributed by atoms with Crippen molar-refractivity contribution in [3.63, 3.8) is 0 Å². The van der Waals surface area contributed by atoms with Crippen LogP contribution in [0.25, 0.3) is 11.1 Å². The molecule has 1 aromatic carbocycles. The summed E-state index contributed by atoms with van der Waals surface area (Å²) in [6.45, 7) is 0.605. The average Bonchev–Trinajstić information content (AvgIpc) is 2.93. The van der Waals surface area contributed by atoms with Crippen LogP contribution in [0.3, 0.4) is 0 Å². The summed E-state index contributed by atoms with van der Waals surface area (Å²) in [6.07, 6.45) is 2.15. The van der Waals surface area contributed by atoms with E-state index in [0.29, 0.717) is 11.6 Å². The van der Waals surface area contributed by atoms with Crippen molar-refractivity contribution in [3.8, 4) is 0 Å². The Labute approximate surface area is 92.2 Å². The summed E-state index contributed by atoms with van der Waals surface area (Å²) in [6, 6.07) is 5.47. The van der Waals surface area contributed by atoms with Gasteiger partial charge in [0.05, 0.1) is 5.41 Å². The smallest absolute Gasteiger partial charge is 0.202 e. The summed E-state index contributed by atoms with van der Waals surface area (Å²) >= 11 is 5.89. The Bertz CT molecular complexity index is 516. The first kappa shape index (κ1) is 9.19. The van der Waals surface area contributed by atoms with Crippen molar-refractivity contribution in [1.29, 1.82) is 0 Å². The van der Waals surface area contributed by atoms with Crippen LogP contribution in [-0.4, -0.2) is 11.5 Å². The molecule has 0 spiro atoms. The second-order valence-electron chi connectivity index (χ2n) is 4.12. The predicted octanol–water partition coefficient (Wildman–Crippen LogP) is 2.47. The lowest BCUT2D eigenvalue weighted by Gasteiger charge is -2.04. The standard InChI is InChI=1S/C11H11ClN2O/c12-7-1-2-9-8(5-7)14-10(15-9)11(6-13)3-4-11/h1-2,5H,3-4,6,13H2. The zero-order valence-corrected chi connectivity index (χ0v) is 8.92. The lowest BCUT2D eigenvalue weighted by Crippen LogP contribution is -2.19. The monoisotopic (exact) mass is 222 g/mol. The normalized spacial score (nSPS) is 18.3. The first-order valence-corrected chi connectivity index (χ1v) is 5.38. The summed E-state index contributed by atoms with van der Waals surface area (Å²) in [4.78, 5) is 4.45. The van der Waals surface area contributed by atoms with Gasteiger partial charge in [0, 0.05) is 11.6 Å². The Morgan fingerprint density at radius 2 is 2.27 bits per heavy atom. The van der Waals surface area contributed by atoms with Crippen LogP contribution < -0.4 is 5.73 Å². The van der Waals surface area contributed by atoms with E-state index in [1.54, 1.807) is 6.07 Å². The van der Waals surface area contributed by atoms with Crippen LogP contribution in [-0.2, 0) is 5.41 Å². The number of hydrogen-bond donors (Lipinski definition) is 1. The number of aromatic nitrogens is 1. The maximum Gasteiger partial charge on any atom is 0.202 e. The molecule has 0 saturated heterocycles. The zero-order chi connectivity index (χ0) is 10.5. The molecular weight excluding hydrogens is 212 g/mol. The number of nitrogens with zero attached hydrogens (tertiary/aromatic N) is 1. The van der Waals surface area contributed by atoms with Crippen molar-refractivity contribution in [2.24, 2.45) is 5.73 Å². The van der Waals surface area contributed by atoms with E-state index in [2.05, 4.69) is 4.98 Å². The molecule has 0 radical (unpaired) electrons. The molecule has 2 aromatic rings. The number of oxazole rings is 1. The second kappa shape index (κ2) is 2.97. The maximum atomic E-state index is 5.89. The Kier molecular flexibility index (Phi) is 1.82. The quantitative estimate of drug-likeness (QED) is 0.849. The van der Waals surface area contributed by atoms with E-state index in [4.69, 9.17) is 21.8 Å². The van der Waals surface area contributed by atoms with Crippen LogP contribution in [0.1, 0.15) is 18.7 Å². The molecular formula is C11H11ClN2O. The van der Waals surface area contributed by atoms with Crippen LogP contribution in [0.4, 0.5) is 0 Å². The Balaban J connectivity index is 2.14. The molecule has 1 fully saturated rings.